The van der Waals surface area contributed by atoms with Crippen molar-refractivity contribution in [1.82, 2.24) is 19.4 Å². The highest BCUT2D eigenvalue weighted by atomic mass is 32.1. The van der Waals surface area contributed by atoms with Crippen molar-refractivity contribution in [2.45, 2.75) is 38.8 Å². The number of carboxylic acids is 1. The molecular weight excluding hydrogens is 461 g/mol. The Morgan fingerprint density at radius 1 is 1.24 bits per heavy atom. The molecule has 1 amide bonds. The van der Waals surface area contributed by atoms with E-state index in [4.69, 9.17) is 10.8 Å². The Kier molecular flexibility index (Phi) is 8.48. The summed E-state index contributed by atoms with van der Waals surface area (Å²) in [6.07, 6.45) is 3.01. The van der Waals surface area contributed by atoms with Crippen molar-refractivity contribution < 1.29 is 24.2 Å². The first-order valence-electron chi connectivity index (χ1n) is 10.9. The van der Waals surface area contributed by atoms with Gasteiger partial charge in [0.1, 0.15) is 23.1 Å². The fourth-order valence-electron chi connectivity index (χ4n) is 3.64. The van der Waals surface area contributed by atoms with Gasteiger partial charge in [0.15, 0.2) is 5.69 Å². The average Bonchev–Trinajstić information content (AvgIpc) is 3.46. The van der Waals surface area contributed by atoms with E-state index in [2.05, 4.69) is 9.97 Å². The number of aliphatic hydroxyl groups excluding tert-OH is 1. The lowest BCUT2D eigenvalue weighted by Crippen LogP contribution is -2.40. The number of carbonyl (C=O) groups is 2. The minimum absolute atomic E-state index is 0.0293. The molecule has 9 nitrogen and oxygen atoms in total. The summed E-state index contributed by atoms with van der Waals surface area (Å²) in [5.74, 6) is -1.76. The van der Waals surface area contributed by atoms with Crippen LogP contribution in [0, 0.1) is 5.82 Å². The molecule has 0 unspecified atom stereocenters. The molecule has 2 aromatic heterocycles. The first kappa shape index (κ1) is 25.5. The van der Waals surface area contributed by atoms with E-state index >= 15 is 0 Å². The van der Waals surface area contributed by atoms with Gasteiger partial charge in [0, 0.05) is 30.1 Å². The molecule has 1 saturated heterocycles. The molecule has 1 aromatic carbocycles. The molecule has 0 saturated carbocycles. The molecule has 4 N–H and O–H groups in total. The highest BCUT2D eigenvalue weighted by Gasteiger charge is 2.28. The van der Waals surface area contributed by atoms with Crippen LogP contribution in [0.2, 0.25) is 0 Å². The van der Waals surface area contributed by atoms with Crippen LogP contribution in [0.15, 0.2) is 36.0 Å². The van der Waals surface area contributed by atoms with Crippen LogP contribution >= 0.6 is 11.3 Å². The molecule has 0 spiro atoms. The van der Waals surface area contributed by atoms with Crippen LogP contribution in [0.1, 0.15) is 43.2 Å². The van der Waals surface area contributed by atoms with Gasteiger partial charge in [0.25, 0.3) is 0 Å². The topological polar surface area (TPSA) is 135 Å². The van der Waals surface area contributed by atoms with Gasteiger partial charge < -0.3 is 25.4 Å². The van der Waals surface area contributed by atoms with Crippen molar-refractivity contribution in [1.29, 1.82) is 0 Å². The predicted molar refractivity (Wildman–Crippen MR) is 127 cm³/mol. The Labute approximate surface area is 200 Å². The van der Waals surface area contributed by atoms with Crippen molar-refractivity contribution in [2.75, 3.05) is 19.7 Å². The Morgan fingerprint density at radius 3 is 2.38 bits per heavy atom. The number of aliphatic hydroxyl groups is 1. The summed E-state index contributed by atoms with van der Waals surface area (Å²) in [4.78, 5) is 33.5. The van der Waals surface area contributed by atoms with Crippen molar-refractivity contribution in [3.8, 4) is 22.0 Å². The quantitative estimate of drug-likeness (QED) is 0.501. The zero-order valence-electron chi connectivity index (χ0n) is 19.0. The highest BCUT2D eigenvalue weighted by molar-refractivity contribution is 7.13. The summed E-state index contributed by atoms with van der Waals surface area (Å²) in [6, 6.07) is 6.31. The van der Waals surface area contributed by atoms with Crippen LogP contribution in [0.25, 0.3) is 22.0 Å². The number of nitrogens with zero attached hydrogens (tertiary/aromatic N) is 4. The summed E-state index contributed by atoms with van der Waals surface area (Å²) in [5.41, 5.74) is 7.03. The maximum absolute atomic E-state index is 13.4. The largest absolute Gasteiger partial charge is 0.476 e. The van der Waals surface area contributed by atoms with Gasteiger partial charge in [-0.15, -0.1) is 11.3 Å². The van der Waals surface area contributed by atoms with E-state index < -0.39 is 12.6 Å². The molecule has 1 aliphatic rings. The molecule has 3 heterocycles. The SMILES string of the molecule is CC(C)N.O=C(O)c1csc(-c2c(-c3ccc(F)cc3)ncn2C2CCN(C(=O)CO)CC2)n1. The van der Waals surface area contributed by atoms with Gasteiger partial charge in [-0.05, 0) is 43.1 Å². The molecule has 0 bridgehead atoms. The molecule has 0 radical (unpaired) electrons. The fraction of sp³-hybridized carbons (Fsp3) is 0.391. The lowest BCUT2D eigenvalue weighted by atomic mass is 10.0. The molecule has 4 rings (SSSR count). The number of carbonyl (C=O) groups excluding carboxylic acids is 1. The molecule has 1 aliphatic heterocycles. The third kappa shape index (κ3) is 6.04. The first-order chi connectivity index (χ1) is 16.2. The van der Waals surface area contributed by atoms with Gasteiger partial charge in [0.05, 0.1) is 12.0 Å². The zero-order valence-corrected chi connectivity index (χ0v) is 19.8. The van der Waals surface area contributed by atoms with Gasteiger partial charge in [-0.1, -0.05) is 13.8 Å². The van der Waals surface area contributed by atoms with E-state index in [1.807, 2.05) is 18.4 Å². The van der Waals surface area contributed by atoms with E-state index in [0.29, 0.717) is 53.9 Å². The van der Waals surface area contributed by atoms with E-state index in [-0.39, 0.29) is 23.5 Å². The number of hydrogen-bond donors (Lipinski definition) is 3. The molecule has 11 heteroatoms. The number of rotatable bonds is 5. The standard InChI is InChI=1S/C20H19FN4O4S.C3H9N/c21-13-3-1-12(2-4-13)17-18(19-23-15(10-30-19)20(28)29)25(11-22-17)14-5-7-24(8-6-14)16(27)9-26;1-3(2)4/h1-4,10-11,14,26H,5-9H2,(H,28,29);3H,4H2,1-2H3. The second kappa shape index (κ2) is 11.3. The number of imidazole rings is 1. The monoisotopic (exact) mass is 489 g/mol. The van der Waals surface area contributed by atoms with Gasteiger partial charge in [-0.25, -0.2) is 19.2 Å². The normalized spacial score (nSPS) is 14.1. The van der Waals surface area contributed by atoms with Crippen molar-refractivity contribution in [2.24, 2.45) is 5.73 Å². The Bertz CT molecular complexity index is 1120. The number of likely N-dealkylation sites (tertiary alicyclic amines) is 1. The fourth-order valence-corrected chi connectivity index (χ4v) is 4.48. The highest BCUT2D eigenvalue weighted by Crippen LogP contribution is 2.37. The van der Waals surface area contributed by atoms with Crippen LogP contribution in [-0.4, -0.2) is 67.3 Å². The molecule has 0 aliphatic carbocycles. The second-order valence-corrected chi connectivity index (χ2v) is 9.07. The van der Waals surface area contributed by atoms with E-state index in [9.17, 15) is 19.1 Å². The van der Waals surface area contributed by atoms with Crippen LogP contribution in [0.3, 0.4) is 0 Å². The van der Waals surface area contributed by atoms with Crippen LogP contribution < -0.4 is 5.73 Å². The zero-order chi connectivity index (χ0) is 24.8. The Balaban J connectivity index is 0.000000751. The second-order valence-electron chi connectivity index (χ2n) is 8.21. The Morgan fingerprint density at radius 2 is 1.85 bits per heavy atom. The first-order valence-corrected chi connectivity index (χ1v) is 11.7. The minimum atomic E-state index is -1.11. The van der Waals surface area contributed by atoms with Gasteiger partial charge in [0.2, 0.25) is 5.91 Å². The van der Waals surface area contributed by atoms with E-state index in [1.54, 1.807) is 23.4 Å². The number of benzene rings is 1. The summed E-state index contributed by atoms with van der Waals surface area (Å²) >= 11 is 1.21. The van der Waals surface area contributed by atoms with Gasteiger partial charge in [-0.3, -0.25) is 4.79 Å². The molecule has 34 heavy (non-hydrogen) atoms. The number of hydrogen-bond acceptors (Lipinski definition) is 7. The number of aromatic nitrogens is 3. The van der Waals surface area contributed by atoms with Crippen molar-refractivity contribution in [3.05, 3.63) is 47.5 Å². The van der Waals surface area contributed by atoms with Gasteiger partial charge in [-0.2, -0.15) is 0 Å². The maximum atomic E-state index is 13.4. The minimum Gasteiger partial charge on any atom is -0.476 e. The summed E-state index contributed by atoms with van der Waals surface area (Å²) in [5, 5.41) is 20.3. The lowest BCUT2D eigenvalue weighted by Gasteiger charge is -2.32. The Hall–Kier alpha value is -3.15. The molecule has 0 atom stereocenters. The number of carboxylic acid groups (broad SMARTS) is 1. The summed E-state index contributed by atoms with van der Waals surface area (Å²) in [6.45, 7) is 4.39. The summed E-state index contributed by atoms with van der Waals surface area (Å²) < 4.78 is 15.4. The van der Waals surface area contributed by atoms with Crippen LogP contribution in [0.4, 0.5) is 4.39 Å². The molecule has 182 valence electrons. The molecular formula is C23H28FN5O4S. The van der Waals surface area contributed by atoms with E-state index in [1.165, 1.54) is 28.8 Å². The van der Waals surface area contributed by atoms with Crippen LogP contribution in [0.5, 0.6) is 0 Å². The third-order valence-corrected chi connectivity index (χ3v) is 6.03. The summed E-state index contributed by atoms with van der Waals surface area (Å²) in [7, 11) is 0. The number of piperidine rings is 1. The number of nitrogens with two attached hydrogens (primary N) is 1. The number of thiazole rings is 1. The lowest BCUT2D eigenvalue weighted by molar-refractivity contribution is -0.135. The van der Waals surface area contributed by atoms with Crippen molar-refractivity contribution in [3.63, 3.8) is 0 Å². The average molecular weight is 490 g/mol. The molecule has 3 aromatic rings. The number of amides is 1. The predicted octanol–water partition coefficient (Wildman–Crippen LogP) is 3.02. The molecule has 1 fully saturated rings. The van der Waals surface area contributed by atoms with E-state index in [0.717, 1.165) is 0 Å². The number of halogens is 1. The van der Waals surface area contributed by atoms with Crippen LogP contribution in [-0.2, 0) is 4.79 Å². The van der Waals surface area contributed by atoms with Crippen molar-refractivity contribution >= 4 is 23.2 Å². The third-order valence-electron chi connectivity index (χ3n) is 5.18. The van der Waals surface area contributed by atoms with Gasteiger partial charge >= 0.3 is 5.97 Å². The smallest absolute Gasteiger partial charge is 0.355 e. The number of aromatic carboxylic acids is 1. The maximum Gasteiger partial charge on any atom is 0.355 e.